The number of likely N-dealkylation sites (tertiary alicyclic amines) is 1. The van der Waals surface area contributed by atoms with Crippen molar-refractivity contribution in [2.45, 2.75) is 38.3 Å². The van der Waals surface area contributed by atoms with Gasteiger partial charge in [-0.15, -0.1) is 5.10 Å². The zero-order chi connectivity index (χ0) is 19.8. The third kappa shape index (κ3) is 3.33. The summed E-state index contributed by atoms with van der Waals surface area (Å²) >= 11 is 0. The molecule has 5 rings (SSSR count). The quantitative estimate of drug-likeness (QED) is 0.572. The van der Waals surface area contributed by atoms with Gasteiger partial charge >= 0.3 is 5.69 Å². The third-order valence-electron chi connectivity index (χ3n) is 5.49. The van der Waals surface area contributed by atoms with Gasteiger partial charge in [-0.25, -0.2) is 14.2 Å². The summed E-state index contributed by atoms with van der Waals surface area (Å²) < 4.78 is 10.7. The van der Waals surface area contributed by atoms with Crippen molar-refractivity contribution in [3.63, 3.8) is 0 Å². The van der Waals surface area contributed by atoms with Crippen molar-refractivity contribution in [1.29, 1.82) is 0 Å². The molecule has 11 nitrogen and oxygen atoms in total. The van der Waals surface area contributed by atoms with Crippen molar-refractivity contribution in [3.05, 3.63) is 58.5 Å². The average Bonchev–Trinajstić information content (AvgIpc) is 3.45. The lowest BCUT2D eigenvalue weighted by atomic mass is 10.0. The van der Waals surface area contributed by atoms with E-state index in [1.165, 1.54) is 15.7 Å². The molecule has 29 heavy (non-hydrogen) atoms. The highest BCUT2D eigenvalue weighted by Crippen LogP contribution is 2.31. The third-order valence-corrected chi connectivity index (χ3v) is 5.49. The van der Waals surface area contributed by atoms with E-state index in [1.54, 1.807) is 9.47 Å². The number of fused-ring (bicyclic) bond motifs is 1. The highest BCUT2D eigenvalue weighted by molar-refractivity contribution is 5.76. The fourth-order valence-corrected chi connectivity index (χ4v) is 3.96. The van der Waals surface area contributed by atoms with Crippen LogP contribution in [0, 0.1) is 0 Å². The first-order valence-corrected chi connectivity index (χ1v) is 9.45. The van der Waals surface area contributed by atoms with Crippen LogP contribution in [-0.2, 0) is 35.8 Å². The number of hydrogen-bond donors (Lipinski definition) is 0. The Morgan fingerprint density at radius 3 is 2.86 bits per heavy atom. The maximum absolute atomic E-state index is 12.9. The Morgan fingerprint density at radius 1 is 1.21 bits per heavy atom. The van der Waals surface area contributed by atoms with Crippen LogP contribution >= 0.6 is 0 Å². The van der Waals surface area contributed by atoms with Gasteiger partial charge in [0.15, 0.2) is 5.82 Å². The van der Waals surface area contributed by atoms with Gasteiger partial charge in [0.2, 0.25) is 5.91 Å². The zero-order valence-corrected chi connectivity index (χ0v) is 15.7. The number of hydrogen-bond acceptors (Lipinski definition) is 7. The average molecular weight is 396 g/mol. The molecule has 2 aliphatic heterocycles. The summed E-state index contributed by atoms with van der Waals surface area (Å²) in [6.07, 6.45) is 2.08. The van der Waals surface area contributed by atoms with Gasteiger partial charge in [0.05, 0.1) is 19.6 Å². The lowest BCUT2D eigenvalue weighted by Crippen LogP contribution is -2.47. The Labute approximate surface area is 165 Å². The van der Waals surface area contributed by atoms with Gasteiger partial charge in [0.1, 0.15) is 25.1 Å². The van der Waals surface area contributed by atoms with Crippen LogP contribution < -0.4 is 5.69 Å². The molecule has 1 saturated heterocycles. The Kier molecular flexibility index (Phi) is 4.23. The maximum Gasteiger partial charge on any atom is 0.346 e. The first kappa shape index (κ1) is 17.7. The van der Waals surface area contributed by atoms with Crippen molar-refractivity contribution < 1.29 is 9.53 Å². The number of carbonyl (C=O) groups excluding carboxylic acids is 1. The minimum atomic E-state index is -0.562. The van der Waals surface area contributed by atoms with Crippen molar-refractivity contribution in [2.24, 2.45) is 0 Å². The van der Waals surface area contributed by atoms with Crippen molar-refractivity contribution in [3.8, 4) is 0 Å². The molecular formula is C18H20N8O3. The number of benzene rings is 1. The number of tetrazole rings is 1. The molecule has 4 heterocycles. The molecule has 2 aliphatic rings. The van der Waals surface area contributed by atoms with Gasteiger partial charge in [-0.3, -0.25) is 9.36 Å². The number of amides is 1. The Balaban J connectivity index is 1.31. The maximum atomic E-state index is 12.9. The first-order valence-electron chi connectivity index (χ1n) is 9.45. The molecule has 0 radical (unpaired) electrons. The van der Waals surface area contributed by atoms with Crippen LogP contribution in [-0.4, -0.2) is 64.1 Å². The van der Waals surface area contributed by atoms with E-state index < -0.39 is 5.60 Å². The molecule has 1 fully saturated rings. The standard InChI is InChI=1S/C18H20N8O3/c27-16(9-24-13-19-21-22-24)23-7-6-18(11-23)12-25-15(10-29-18)20-26(17(25)28)8-14-4-2-1-3-5-14/h1-5,13H,6-12H2. The molecule has 1 amide bonds. The Hall–Kier alpha value is -3.34. The molecule has 11 heteroatoms. The second-order valence-corrected chi connectivity index (χ2v) is 7.47. The monoisotopic (exact) mass is 396 g/mol. The summed E-state index contributed by atoms with van der Waals surface area (Å²) in [4.78, 5) is 27.2. The molecule has 150 valence electrons. The second kappa shape index (κ2) is 6.92. The molecule has 1 unspecified atom stereocenters. The molecule has 3 aromatic rings. The van der Waals surface area contributed by atoms with Gasteiger partial charge in [-0.2, -0.15) is 5.10 Å². The molecule has 0 saturated carbocycles. The predicted molar refractivity (Wildman–Crippen MR) is 98.6 cm³/mol. The fraction of sp³-hybridized carbons (Fsp3) is 0.444. The predicted octanol–water partition coefficient (Wildman–Crippen LogP) is -0.719. The summed E-state index contributed by atoms with van der Waals surface area (Å²) in [5.41, 5.74) is 0.305. The Morgan fingerprint density at radius 2 is 2.07 bits per heavy atom. The molecule has 1 spiro atoms. The van der Waals surface area contributed by atoms with Gasteiger partial charge < -0.3 is 9.64 Å². The van der Waals surface area contributed by atoms with Gasteiger partial charge in [0, 0.05) is 6.54 Å². The van der Waals surface area contributed by atoms with E-state index in [9.17, 15) is 9.59 Å². The lowest BCUT2D eigenvalue weighted by Gasteiger charge is -2.33. The summed E-state index contributed by atoms with van der Waals surface area (Å²) in [7, 11) is 0. The van der Waals surface area contributed by atoms with Gasteiger partial charge in [0.25, 0.3) is 0 Å². The number of nitrogens with zero attached hydrogens (tertiary/aromatic N) is 8. The van der Waals surface area contributed by atoms with Crippen LogP contribution in [0.4, 0.5) is 0 Å². The minimum absolute atomic E-state index is 0.0734. The van der Waals surface area contributed by atoms with E-state index in [2.05, 4.69) is 20.6 Å². The van der Waals surface area contributed by atoms with Crippen LogP contribution in [0.2, 0.25) is 0 Å². The van der Waals surface area contributed by atoms with E-state index in [0.29, 0.717) is 38.4 Å². The topological polar surface area (TPSA) is 113 Å². The van der Waals surface area contributed by atoms with Crippen LogP contribution in [0.3, 0.4) is 0 Å². The van der Waals surface area contributed by atoms with Gasteiger partial charge in [-0.05, 0) is 22.4 Å². The normalized spacial score (nSPS) is 20.9. The molecule has 0 aliphatic carbocycles. The van der Waals surface area contributed by atoms with Crippen molar-refractivity contribution >= 4 is 5.91 Å². The number of carbonyl (C=O) groups is 1. The minimum Gasteiger partial charge on any atom is -0.363 e. The molecule has 0 bridgehead atoms. The van der Waals surface area contributed by atoms with E-state index in [4.69, 9.17) is 4.74 Å². The lowest BCUT2D eigenvalue weighted by molar-refractivity contribution is -0.134. The summed E-state index contributed by atoms with van der Waals surface area (Å²) in [5, 5.41) is 15.3. The fourth-order valence-electron chi connectivity index (χ4n) is 3.96. The summed E-state index contributed by atoms with van der Waals surface area (Å²) in [6.45, 7) is 2.16. The number of rotatable bonds is 4. The van der Waals surface area contributed by atoms with Crippen LogP contribution in [0.25, 0.3) is 0 Å². The van der Waals surface area contributed by atoms with E-state index >= 15 is 0 Å². The highest BCUT2D eigenvalue weighted by atomic mass is 16.5. The second-order valence-electron chi connectivity index (χ2n) is 7.47. The molecule has 1 aromatic carbocycles. The SMILES string of the molecule is O=C(Cn1cnnn1)N1CCC2(C1)Cn1c(nn(Cc3ccccc3)c1=O)CO2. The first-order chi connectivity index (χ1) is 14.1. The number of ether oxygens (including phenoxy) is 1. The van der Waals surface area contributed by atoms with E-state index in [0.717, 1.165) is 5.56 Å². The van der Waals surface area contributed by atoms with Crippen LogP contribution in [0.15, 0.2) is 41.5 Å². The number of aromatic nitrogens is 7. The van der Waals surface area contributed by atoms with E-state index in [-0.39, 0.29) is 24.7 Å². The summed E-state index contributed by atoms with van der Waals surface area (Å²) in [6, 6.07) is 9.75. The van der Waals surface area contributed by atoms with Crippen LogP contribution in [0.1, 0.15) is 17.8 Å². The molecule has 1 atom stereocenters. The van der Waals surface area contributed by atoms with Crippen molar-refractivity contribution in [2.75, 3.05) is 13.1 Å². The van der Waals surface area contributed by atoms with Crippen molar-refractivity contribution in [1.82, 2.24) is 39.5 Å². The Bertz CT molecular complexity index is 1070. The summed E-state index contributed by atoms with van der Waals surface area (Å²) in [5.74, 6) is 0.547. The van der Waals surface area contributed by atoms with Crippen LogP contribution in [0.5, 0.6) is 0 Å². The van der Waals surface area contributed by atoms with E-state index in [1.807, 2.05) is 30.3 Å². The highest BCUT2D eigenvalue weighted by Gasteiger charge is 2.44. The zero-order valence-electron chi connectivity index (χ0n) is 15.7. The molecule has 0 N–H and O–H groups in total. The molecular weight excluding hydrogens is 376 g/mol. The smallest absolute Gasteiger partial charge is 0.346 e. The molecule has 2 aromatic heterocycles. The van der Waals surface area contributed by atoms with Gasteiger partial charge in [-0.1, -0.05) is 30.3 Å². The largest absolute Gasteiger partial charge is 0.363 e.